The van der Waals surface area contributed by atoms with Crippen molar-refractivity contribution in [1.29, 1.82) is 0 Å². The maximum Gasteiger partial charge on any atom is 0.416 e. The molecule has 11 heteroatoms. The lowest BCUT2D eigenvalue weighted by Gasteiger charge is -2.10. The van der Waals surface area contributed by atoms with Crippen LogP contribution in [-0.2, 0) is 19.3 Å². The third kappa shape index (κ3) is 6.79. The van der Waals surface area contributed by atoms with Crippen molar-refractivity contribution in [3.63, 3.8) is 0 Å². The first-order chi connectivity index (χ1) is 16.9. The minimum atomic E-state index is -4.42. The lowest BCUT2D eigenvalue weighted by molar-refractivity contribution is -0.137. The number of benzene rings is 2. The number of halogens is 4. The third-order valence-corrected chi connectivity index (χ3v) is 4.73. The van der Waals surface area contributed by atoms with E-state index >= 15 is 0 Å². The van der Waals surface area contributed by atoms with Crippen LogP contribution in [0, 0.1) is 5.82 Å². The van der Waals surface area contributed by atoms with Gasteiger partial charge in [-0.05, 0) is 35.9 Å². The van der Waals surface area contributed by atoms with Crippen molar-refractivity contribution in [3.8, 4) is 0 Å². The van der Waals surface area contributed by atoms with Gasteiger partial charge in [-0.3, -0.25) is 4.98 Å². The number of rotatable bonds is 8. The molecule has 0 spiro atoms. The number of hydrogen-bond acceptors (Lipinski definition) is 7. The summed E-state index contributed by atoms with van der Waals surface area (Å²) in [6.45, 7) is 0.494. The quantitative estimate of drug-likeness (QED) is 0.217. The highest BCUT2D eigenvalue weighted by Gasteiger charge is 2.30. The van der Waals surface area contributed by atoms with Gasteiger partial charge in [0.15, 0.2) is 11.6 Å². The second-order valence-electron chi connectivity index (χ2n) is 7.35. The van der Waals surface area contributed by atoms with E-state index in [2.05, 4.69) is 35.8 Å². The summed E-state index contributed by atoms with van der Waals surface area (Å²) in [5.74, 6) is -0.601. The summed E-state index contributed by atoms with van der Waals surface area (Å²) in [5, 5.41) is 13.7. The first-order valence-electron chi connectivity index (χ1n) is 10.4. The molecule has 0 amide bonds. The van der Waals surface area contributed by atoms with Crippen LogP contribution in [0.25, 0.3) is 0 Å². The number of nitrogens with zero attached hydrogens (tertiary/aromatic N) is 5. The Morgan fingerprint density at radius 1 is 0.857 bits per heavy atom. The first-order valence-corrected chi connectivity index (χ1v) is 10.4. The maximum atomic E-state index is 14.0. The molecule has 0 saturated carbocycles. The maximum absolute atomic E-state index is 14.0. The molecule has 2 N–H and O–H groups in total. The number of azo groups is 1. The zero-order valence-electron chi connectivity index (χ0n) is 18.2. The van der Waals surface area contributed by atoms with Gasteiger partial charge in [-0.15, -0.1) is 5.11 Å². The SMILES string of the molecule is Fc1cnc(N=NCc2ccc(Nc3cccc(C(F)(F)F)c3)cn2)nc1NCc1ccccc1. The molecule has 178 valence electrons. The molecular formula is C24H19F4N7. The number of nitrogens with one attached hydrogen (secondary N) is 2. The molecule has 35 heavy (non-hydrogen) atoms. The van der Waals surface area contributed by atoms with Crippen LogP contribution in [0.15, 0.2) is 89.4 Å². The van der Waals surface area contributed by atoms with Gasteiger partial charge in [0.1, 0.15) is 6.54 Å². The minimum absolute atomic E-state index is 0.00945. The fourth-order valence-corrected chi connectivity index (χ4v) is 3.01. The van der Waals surface area contributed by atoms with E-state index in [-0.39, 0.29) is 18.3 Å². The van der Waals surface area contributed by atoms with Crippen molar-refractivity contribution in [3.05, 3.63) is 102 Å². The summed E-state index contributed by atoms with van der Waals surface area (Å²) in [7, 11) is 0. The average molecular weight is 481 g/mol. The van der Waals surface area contributed by atoms with Crippen LogP contribution in [0.5, 0.6) is 0 Å². The predicted octanol–water partition coefficient (Wildman–Crippen LogP) is 6.67. The number of alkyl halides is 3. The Labute approximate surface area is 198 Å². The summed E-state index contributed by atoms with van der Waals surface area (Å²) >= 11 is 0. The molecule has 4 aromatic rings. The van der Waals surface area contributed by atoms with E-state index in [4.69, 9.17) is 0 Å². The highest BCUT2D eigenvalue weighted by atomic mass is 19.4. The van der Waals surface area contributed by atoms with Gasteiger partial charge in [0.25, 0.3) is 5.95 Å². The van der Waals surface area contributed by atoms with Gasteiger partial charge in [0.2, 0.25) is 0 Å². The molecular weight excluding hydrogens is 462 g/mol. The highest BCUT2D eigenvalue weighted by molar-refractivity contribution is 5.59. The molecule has 0 aliphatic heterocycles. The van der Waals surface area contributed by atoms with E-state index in [1.165, 1.54) is 18.3 Å². The van der Waals surface area contributed by atoms with E-state index in [9.17, 15) is 17.6 Å². The van der Waals surface area contributed by atoms with Crippen LogP contribution in [0.1, 0.15) is 16.8 Å². The van der Waals surface area contributed by atoms with Crippen molar-refractivity contribution in [2.24, 2.45) is 10.2 Å². The molecule has 0 aliphatic rings. The molecule has 0 atom stereocenters. The zero-order valence-corrected chi connectivity index (χ0v) is 18.2. The first kappa shape index (κ1) is 23.7. The molecule has 0 aliphatic carbocycles. The van der Waals surface area contributed by atoms with Gasteiger partial charge >= 0.3 is 6.18 Å². The molecule has 0 unspecified atom stereocenters. The number of pyridine rings is 1. The highest BCUT2D eigenvalue weighted by Crippen LogP contribution is 2.31. The Bertz CT molecular complexity index is 1290. The Morgan fingerprint density at radius 3 is 2.43 bits per heavy atom. The Kier molecular flexibility index (Phi) is 7.24. The van der Waals surface area contributed by atoms with Crippen molar-refractivity contribution in [2.45, 2.75) is 19.3 Å². The van der Waals surface area contributed by atoms with Crippen molar-refractivity contribution >= 4 is 23.1 Å². The summed E-state index contributed by atoms with van der Waals surface area (Å²) in [6, 6.07) is 17.7. The summed E-state index contributed by atoms with van der Waals surface area (Å²) in [5.41, 5.74) is 1.59. The Morgan fingerprint density at radius 2 is 1.69 bits per heavy atom. The molecule has 4 rings (SSSR count). The van der Waals surface area contributed by atoms with E-state index in [0.717, 1.165) is 23.9 Å². The van der Waals surface area contributed by atoms with Crippen LogP contribution in [0.2, 0.25) is 0 Å². The summed E-state index contributed by atoms with van der Waals surface area (Å²) in [6.07, 6.45) is -1.93. The lowest BCUT2D eigenvalue weighted by atomic mass is 10.2. The average Bonchev–Trinajstić information content (AvgIpc) is 2.85. The molecule has 7 nitrogen and oxygen atoms in total. The van der Waals surface area contributed by atoms with E-state index in [1.807, 2.05) is 30.3 Å². The summed E-state index contributed by atoms with van der Waals surface area (Å²) < 4.78 is 52.6. The number of hydrogen-bond donors (Lipinski definition) is 2. The van der Waals surface area contributed by atoms with Crippen LogP contribution in [0.3, 0.4) is 0 Å². The van der Waals surface area contributed by atoms with Crippen molar-refractivity contribution in [2.75, 3.05) is 10.6 Å². The monoisotopic (exact) mass is 481 g/mol. The van der Waals surface area contributed by atoms with Crippen LogP contribution >= 0.6 is 0 Å². The molecule has 2 aromatic heterocycles. The number of anilines is 3. The standard InChI is InChI=1S/C24H19F4N7/c25-21-15-31-23(34-22(21)30-12-16-5-2-1-3-6-16)35-32-14-19-9-10-20(13-29-19)33-18-8-4-7-17(11-18)24(26,27)28/h1-11,13,15,33H,12,14H2,(H,30,31,34). The van der Waals surface area contributed by atoms with Crippen molar-refractivity contribution in [1.82, 2.24) is 15.0 Å². The second-order valence-corrected chi connectivity index (χ2v) is 7.35. The minimum Gasteiger partial charge on any atom is -0.363 e. The van der Waals surface area contributed by atoms with E-state index < -0.39 is 17.6 Å². The fraction of sp³-hybridized carbons (Fsp3) is 0.125. The molecule has 2 heterocycles. The zero-order chi connectivity index (χ0) is 24.7. The van der Waals surface area contributed by atoms with Crippen LogP contribution in [-0.4, -0.2) is 15.0 Å². The summed E-state index contributed by atoms with van der Waals surface area (Å²) in [4.78, 5) is 12.1. The fourth-order valence-electron chi connectivity index (χ4n) is 3.01. The number of aromatic nitrogens is 3. The lowest BCUT2D eigenvalue weighted by Crippen LogP contribution is -2.05. The van der Waals surface area contributed by atoms with Gasteiger partial charge < -0.3 is 10.6 Å². The second kappa shape index (κ2) is 10.7. The van der Waals surface area contributed by atoms with Gasteiger partial charge in [0.05, 0.1) is 29.3 Å². The third-order valence-electron chi connectivity index (χ3n) is 4.73. The van der Waals surface area contributed by atoms with E-state index in [1.54, 1.807) is 12.1 Å². The topological polar surface area (TPSA) is 87.5 Å². The van der Waals surface area contributed by atoms with Crippen LogP contribution in [0.4, 0.5) is 40.7 Å². The Balaban J connectivity index is 1.34. The molecule has 0 fully saturated rings. The molecule has 0 radical (unpaired) electrons. The molecule has 0 saturated heterocycles. The Hall–Kier alpha value is -4.41. The van der Waals surface area contributed by atoms with Crippen molar-refractivity contribution < 1.29 is 17.6 Å². The molecule has 2 aromatic carbocycles. The van der Waals surface area contributed by atoms with E-state index in [0.29, 0.717) is 23.6 Å². The van der Waals surface area contributed by atoms with Crippen LogP contribution < -0.4 is 10.6 Å². The van der Waals surface area contributed by atoms with Gasteiger partial charge in [-0.25, -0.2) is 9.37 Å². The van der Waals surface area contributed by atoms with Gasteiger partial charge in [0, 0.05) is 12.2 Å². The largest absolute Gasteiger partial charge is 0.416 e. The van der Waals surface area contributed by atoms with Gasteiger partial charge in [-0.2, -0.15) is 23.3 Å². The normalized spacial score (nSPS) is 11.5. The molecule has 0 bridgehead atoms. The van der Waals surface area contributed by atoms with Gasteiger partial charge in [-0.1, -0.05) is 36.4 Å². The smallest absolute Gasteiger partial charge is 0.363 e. The predicted molar refractivity (Wildman–Crippen MR) is 123 cm³/mol.